The predicted molar refractivity (Wildman–Crippen MR) is 71.6 cm³/mol. The summed E-state index contributed by atoms with van der Waals surface area (Å²) in [5.41, 5.74) is 0. The molecular formula is C10H20N2O4S2. The second kappa shape index (κ2) is 7.20. The van der Waals surface area contributed by atoms with Crippen LogP contribution in [0.1, 0.15) is 12.8 Å². The minimum atomic E-state index is -3.00. The molecule has 1 rings (SSSR count). The van der Waals surface area contributed by atoms with Gasteiger partial charge in [0.2, 0.25) is 5.91 Å². The number of carbonyl (C=O) groups is 1. The molecule has 2 atom stereocenters. The van der Waals surface area contributed by atoms with Crippen molar-refractivity contribution in [3.05, 3.63) is 0 Å². The van der Waals surface area contributed by atoms with E-state index < -0.39 is 20.6 Å². The standard InChI is InChI=1S/C10H20N2O4S2/c1-17(14)5-2-3-12-10(13)7-9-8-18(15,16)6-4-11-9/h9,11H,2-8H2,1H3,(H,12,13). The average Bonchev–Trinajstić information content (AvgIpc) is 2.22. The third-order valence-electron chi connectivity index (χ3n) is 2.66. The molecule has 18 heavy (non-hydrogen) atoms. The minimum absolute atomic E-state index is 0.0272. The molecule has 1 fully saturated rings. The highest BCUT2D eigenvalue weighted by Gasteiger charge is 2.25. The summed E-state index contributed by atoms with van der Waals surface area (Å²) in [5, 5.41) is 5.73. The van der Waals surface area contributed by atoms with Gasteiger partial charge in [0, 0.05) is 48.4 Å². The van der Waals surface area contributed by atoms with E-state index in [9.17, 15) is 17.4 Å². The number of amides is 1. The van der Waals surface area contributed by atoms with Crippen molar-refractivity contribution in [1.82, 2.24) is 10.6 Å². The Bertz CT molecular complexity index is 408. The minimum Gasteiger partial charge on any atom is -0.356 e. The van der Waals surface area contributed by atoms with Gasteiger partial charge in [-0.3, -0.25) is 9.00 Å². The molecule has 1 saturated heterocycles. The Labute approximate surface area is 110 Å². The molecule has 1 aliphatic rings. The molecule has 0 aromatic carbocycles. The zero-order valence-electron chi connectivity index (χ0n) is 10.5. The van der Waals surface area contributed by atoms with Crippen LogP contribution < -0.4 is 10.6 Å². The summed E-state index contributed by atoms with van der Waals surface area (Å²) in [4.78, 5) is 11.5. The van der Waals surface area contributed by atoms with Gasteiger partial charge >= 0.3 is 0 Å². The van der Waals surface area contributed by atoms with Crippen LogP contribution in [0.2, 0.25) is 0 Å². The molecule has 0 aromatic heterocycles. The number of carbonyl (C=O) groups excluding carboxylic acids is 1. The molecule has 0 aromatic rings. The summed E-state index contributed by atoms with van der Waals surface area (Å²) in [6.45, 7) is 0.896. The lowest BCUT2D eigenvalue weighted by Gasteiger charge is -2.23. The zero-order chi connectivity index (χ0) is 13.6. The molecule has 8 heteroatoms. The summed E-state index contributed by atoms with van der Waals surface area (Å²) >= 11 is 0. The van der Waals surface area contributed by atoms with Crippen molar-refractivity contribution < 1.29 is 17.4 Å². The van der Waals surface area contributed by atoms with Crippen LogP contribution in [-0.2, 0) is 25.4 Å². The fourth-order valence-electron chi connectivity index (χ4n) is 1.80. The predicted octanol–water partition coefficient (Wildman–Crippen LogP) is -1.35. The zero-order valence-corrected chi connectivity index (χ0v) is 12.1. The highest BCUT2D eigenvalue weighted by molar-refractivity contribution is 7.91. The molecule has 1 amide bonds. The second-order valence-corrected chi connectivity index (χ2v) is 8.23. The normalized spacial score (nSPS) is 24.4. The Kier molecular flexibility index (Phi) is 6.24. The molecule has 106 valence electrons. The monoisotopic (exact) mass is 296 g/mol. The van der Waals surface area contributed by atoms with E-state index in [-0.39, 0.29) is 29.9 Å². The fourth-order valence-corrected chi connectivity index (χ4v) is 3.79. The molecule has 1 aliphatic heterocycles. The van der Waals surface area contributed by atoms with Gasteiger partial charge in [0.15, 0.2) is 9.84 Å². The maximum Gasteiger partial charge on any atom is 0.221 e. The lowest BCUT2D eigenvalue weighted by molar-refractivity contribution is -0.121. The first-order valence-corrected chi connectivity index (χ1v) is 9.44. The molecule has 2 N–H and O–H groups in total. The summed E-state index contributed by atoms with van der Waals surface area (Å²) < 4.78 is 33.5. The van der Waals surface area contributed by atoms with Gasteiger partial charge in [-0.05, 0) is 6.42 Å². The van der Waals surface area contributed by atoms with Gasteiger partial charge < -0.3 is 10.6 Å². The van der Waals surface area contributed by atoms with Crippen molar-refractivity contribution in [3.63, 3.8) is 0 Å². The summed E-state index contributed by atoms with van der Waals surface area (Å²) in [5.74, 6) is 0.579. The first-order chi connectivity index (χ1) is 8.39. The Morgan fingerprint density at radius 3 is 2.83 bits per heavy atom. The van der Waals surface area contributed by atoms with Crippen molar-refractivity contribution >= 4 is 26.5 Å². The Hall–Kier alpha value is -0.470. The van der Waals surface area contributed by atoms with Crippen molar-refractivity contribution in [2.75, 3.05) is 36.6 Å². The van der Waals surface area contributed by atoms with Crippen LogP contribution in [0.3, 0.4) is 0 Å². The quantitative estimate of drug-likeness (QED) is 0.591. The van der Waals surface area contributed by atoms with Gasteiger partial charge in [-0.25, -0.2) is 8.42 Å². The van der Waals surface area contributed by atoms with Gasteiger partial charge in [-0.15, -0.1) is 0 Å². The van der Waals surface area contributed by atoms with E-state index in [1.165, 1.54) is 0 Å². The summed E-state index contributed by atoms with van der Waals surface area (Å²) in [7, 11) is -3.84. The molecule has 0 saturated carbocycles. The van der Waals surface area contributed by atoms with Gasteiger partial charge in [0.05, 0.1) is 11.5 Å². The number of rotatable bonds is 6. The smallest absolute Gasteiger partial charge is 0.221 e. The lowest BCUT2D eigenvalue weighted by atomic mass is 10.2. The topological polar surface area (TPSA) is 92.3 Å². The van der Waals surface area contributed by atoms with E-state index in [4.69, 9.17) is 0 Å². The van der Waals surface area contributed by atoms with Gasteiger partial charge in [0.25, 0.3) is 0 Å². The van der Waals surface area contributed by atoms with E-state index >= 15 is 0 Å². The van der Waals surface area contributed by atoms with Crippen LogP contribution in [-0.4, -0.2) is 61.2 Å². The molecule has 0 bridgehead atoms. The Morgan fingerprint density at radius 1 is 1.50 bits per heavy atom. The number of hydrogen-bond donors (Lipinski definition) is 2. The molecule has 1 heterocycles. The van der Waals surface area contributed by atoms with Crippen LogP contribution in [0.4, 0.5) is 0 Å². The van der Waals surface area contributed by atoms with E-state index in [1.54, 1.807) is 6.26 Å². The highest BCUT2D eigenvalue weighted by atomic mass is 32.2. The van der Waals surface area contributed by atoms with E-state index in [0.717, 1.165) is 0 Å². The largest absolute Gasteiger partial charge is 0.356 e. The Morgan fingerprint density at radius 2 is 2.22 bits per heavy atom. The van der Waals surface area contributed by atoms with Crippen LogP contribution in [0.15, 0.2) is 0 Å². The van der Waals surface area contributed by atoms with E-state index in [1.807, 2.05) is 0 Å². The number of hydrogen-bond acceptors (Lipinski definition) is 5. The van der Waals surface area contributed by atoms with Gasteiger partial charge in [0.1, 0.15) is 0 Å². The fraction of sp³-hybridized carbons (Fsp3) is 0.900. The van der Waals surface area contributed by atoms with Crippen LogP contribution in [0, 0.1) is 0 Å². The third-order valence-corrected chi connectivity index (χ3v) is 5.26. The first kappa shape index (κ1) is 15.6. The molecule has 0 aliphatic carbocycles. The van der Waals surface area contributed by atoms with Crippen molar-refractivity contribution in [2.24, 2.45) is 0 Å². The molecule has 0 spiro atoms. The Balaban J connectivity index is 2.21. The third kappa shape index (κ3) is 6.46. The van der Waals surface area contributed by atoms with Crippen LogP contribution in [0.25, 0.3) is 0 Å². The van der Waals surface area contributed by atoms with Gasteiger partial charge in [-0.1, -0.05) is 0 Å². The molecule has 6 nitrogen and oxygen atoms in total. The van der Waals surface area contributed by atoms with Crippen molar-refractivity contribution in [2.45, 2.75) is 18.9 Å². The first-order valence-electron chi connectivity index (χ1n) is 5.89. The molecular weight excluding hydrogens is 276 g/mol. The van der Waals surface area contributed by atoms with Crippen molar-refractivity contribution in [1.29, 1.82) is 0 Å². The van der Waals surface area contributed by atoms with Crippen LogP contribution >= 0.6 is 0 Å². The molecule has 2 unspecified atom stereocenters. The summed E-state index contributed by atoms with van der Waals surface area (Å²) in [6.07, 6.45) is 2.47. The summed E-state index contributed by atoms with van der Waals surface area (Å²) in [6, 6.07) is -0.288. The van der Waals surface area contributed by atoms with Crippen molar-refractivity contribution in [3.8, 4) is 0 Å². The molecule has 0 radical (unpaired) electrons. The van der Waals surface area contributed by atoms with E-state index in [0.29, 0.717) is 25.3 Å². The van der Waals surface area contributed by atoms with Crippen LogP contribution in [0.5, 0.6) is 0 Å². The number of nitrogens with one attached hydrogen (secondary N) is 2. The SMILES string of the molecule is CS(=O)CCCNC(=O)CC1CS(=O)(=O)CCN1. The maximum absolute atomic E-state index is 11.5. The van der Waals surface area contributed by atoms with E-state index in [2.05, 4.69) is 10.6 Å². The average molecular weight is 296 g/mol. The maximum atomic E-state index is 11.5. The number of sulfone groups is 1. The second-order valence-electron chi connectivity index (χ2n) is 4.45. The lowest BCUT2D eigenvalue weighted by Crippen LogP contribution is -2.47. The highest BCUT2D eigenvalue weighted by Crippen LogP contribution is 2.04. The van der Waals surface area contributed by atoms with Gasteiger partial charge in [-0.2, -0.15) is 0 Å².